The fraction of sp³-hybridized carbons (Fsp3) is 0.400. The largest absolute Gasteiger partial charge is 0.301 e. The Morgan fingerprint density at radius 2 is 2.12 bits per heavy atom. The van der Waals surface area contributed by atoms with E-state index < -0.39 is 27.3 Å². The van der Waals surface area contributed by atoms with Gasteiger partial charge in [0, 0.05) is 11.3 Å². The zero-order valence-corrected chi connectivity index (χ0v) is 16.0. The van der Waals surface area contributed by atoms with Crippen LogP contribution in [-0.2, 0) is 14.8 Å². The Kier molecular flexibility index (Phi) is 4.59. The van der Waals surface area contributed by atoms with Crippen molar-refractivity contribution in [3.8, 4) is 0 Å². The summed E-state index contributed by atoms with van der Waals surface area (Å²) in [6.45, 7) is 3.77. The second-order valence-corrected chi connectivity index (χ2v) is 9.67. The van der Waals surface area contributed by atoms with Crippen LogP contribution in [0.15, 0.2) is 23.2 Å². The maximum Gasteiger partial charge on any atom is 0.257 e. The highest BCUT2D eigenvalue weighted by molar-refractivity contribution is 8.14. The summed E-state index contributed by atoms with van der Waals surface area (Å²) in [7, 11) is -3.84. The van der Waals surface area contributed by atoms with Gasteiger partial charge in [-0.2, -0.15) is 0 Å². The van der Waals surface area contributed by atoms with E-state index in [1.54, 1.807) is 13.8 Å². The lowest BCUT2D eigenvalue weighted by atomic mass is 9.95. The number of amidine groups is 1. The molecule has 1 N–H and O–H groups in total. The fourth-order valence-corrected chi connectivity index (χ4v) is 5.72. The molecule has 1 aromatic carbocycles. The zero-order valence-electron chi connectivity index (χ0n) is 13.6. The fourth-order valence-electron chi connectivity index (χ4n) is 2.63. The van der Waals surface area contributed by atoms with Gasteiger partial charge in [-0.3, -0.25) is 14.6 Å². The van der Waals surface area contributed by atoms with E-state index in [4.69, 9.17) is 11.6 Å². The van der Waals surface area contributed by atoms with Crippen LogP contribution in [0.1, 0.15) is 24.2 Å². The number of nitrogens with one attached hydrogen (secondary N) is 1. The quantitative estimate of drug-likeness (QED) is 0.816. The minimum absolute atomic E-state index is 0.00842. The van der Waals surface area contributed by atoms with E-state index in [9.17, 15) is 18.0 Å². The minimum Gasteiger partial charge on any atom is -0.301 e. The number of anilines is 1. The SMILES string of the molecule is CC1(C)CS(=O)(=O)N(c2cc(C(=O)NC3=NCCS3)ccc2Cl)C1=O. The standard InChI is InChI=1S/C15H16ClN3O4S2/c1-15(2)8-25(22,23)19(13(15)21)11-7-9(3-4-10(11)16)12(20)18-14-17-5-6-24-14/h3-4,7H,5-6,8H2,1-2H3,(H,17,18,20). The van der Waals surface area contributed by atoms with E-state index in [1.807, 2.05) is 0 Å². The maximum absolute atomic E-state index is 12.5. The van der Waals surface area contributed by atoms with Gasteiger partial charge in [0.05, 0.1) is 28.4 Å². The molecule has 2 aliphatic heterocycles. The molecule has 134 valence electrons. The molecule has 0 aliphatic carbocycles. The van der Waals surface area contributed by atoms with Crippen LogP contribution in [0.3, 0.4) is 0 Å². The van der Waals surface area contributed by atoms with Gasteiger partial charge >= 0.3 is 0 Å². The monoisotopic (exact) mass is 401 g/mol. The van der Waals surface area contributed by atoms with Gasteiger partial charge in [-0.1, -0.05) is 23.4 Å². The molecule has 1 fully saturated rings. The van der Waals surface area contributed by atoms with Crippen LogP contribution in [-0.4, -0.2) is 43.5 Å². The lowest BCUT2D eigenvalue weighted by Gasteiger charge is -2.19. The average molecular weight is 402 g/mol. The Labute approximate surface area is 154 Å². The van der Waals surface area contributed by atoms with Crippen molar-refractivity contribution in [3.63, 3.8) is 0 Å². The molecular weight excluding hydrogens is 386 g/mol. The summed E-state index contributed by atoms with van der Waals surface area (Å²) in [6.07, 6.45) is 0. The van der Waals surface area contributed by atoms with Crippen molar-refractivity contribution in [1.29, 1.82) is 0 Å². The van der Waals surface area contributed by atoms with Crippen molar-refractivity contribution in [1.82, 2.24) is 5.32 Å². The Balaban J connectivity index is 1.97. The molecule has 2 amide bonds. The van der Waals surface area contributed by atoms with E-state index in [1.165, 1.54) is 30.0 Å². The predicted octanol–water partition coefficient (Wildman–Crippen LogP) is 1.88. The van der Waals surface area contributed by atoms with E-state index in [0.29, 0.717) is 16.0 Å². The minimum atomic E-state index is -3.84. The number of rotatable bonds is 2. The summed E-state index contributed by atoms with van der Waals surface area (Å²) < 4.78 is 25.5. The van der Waals surface area contributed by atoms with Crippen LogP contribution >= 0.6 is 23.4 Å². The summed E-state index contributed by atoms with van der Waals surface area (Å²) in [5.41, 5.74) is -0.858. The number of hydrogen-bond donors (Lipinski definition) is 1. The molecule has 1 aromatic rings. The van der Waals surface area contributed by atoms with Gasteiger partial charge in [0.25, 0.3) is 5.91 Å². The number of thioether (sulfide) groups is 1. The number of halogens is 1. The van der Waals surface area contributed by atoms with Gasteiger partial charge in [-0.05, 0) is 32.0 Å². The number of carbonyl (C=O) groups is 2. The lowest BCUT2D eigenvalue weighted by molar-refractivity contribution is -0.123. The predicted molar refractivity (Wildman–Crippen MR) is 98.7 cm³/mol. The molecule has 0 radical (unpaired) electrons. The number of benzene rings is 1. The summed E-state index contributed by atoms with van der Waals surface area (Å²) >= 11 is 7.55. The summed E-state index contributed by atoms with van der Waals surface area (Å²) in [4.78, 5) is 29.0. The Morgan fingerprint density at radius 1 is 1.40 bits per heavy atom. The Morgan fingerprint density at radius 3 is 2.68 bits per heavy atom. The number of carbonyl (C=O) groups excluding carboxylic acids is 2. The molecule has 0 saturated carbocycles. The van der Waals surface area contributed by atoms with Crippen LogP contribution in [0.5, 0.6) is 0 Å². The third-order valence-corrected chi connectivity index (χ3v) is 7.03. The van der Waals surface area contributed by atoms with Crippen LogP contribution in [0.2, 0.25) is 5.02 Å². The first-order chi connectivity index (χ1) is 11.6. The van der Waals surface area contributed by atoms with Gasteiger partial charge in [0.15, 0.2) is 5.17 Å². The van der Waals surface area contributed by atoms with Gasteiger partial charge in [0.2, 0.25) is 15.9 Å². The van der Waals surface area contributed by atoms with Crippen molar-refractivity contribution < 1.29 is 18.0 Å². The number of sulfonamides is 1. The van der Waals surface area contributed by atoms with Gasteiger partial charge < -0.3 is 5.32 Å². The molecule has 1 saturated heterocycles. The third-order valence-electron chi connectivity index (χ3n) is 3.82. The number of nitrogens with zero attached hydrogens (tertiary/aromatic N) is 2. The van der Waals surface area contributed by atoms with Gasteiger partial charge in [-0.25, -0.2) is 12.7 Å². The molecule has 7 nitrogen and oxygen atoms in total. The molecule has 0 atom stereocenters. The summed E-state index contributed by atoms with van der Waals surface area (Å²) in [6, 6.07) is 4.19. The van der Waals surface area contributed by atoms with Crippen LogP contribution < -0.4 is 9.62 Å². The molecule has 2 aliphatic rings. The smallest absolute Gasteiger partial charge is 0.257 e. The second-order valence-electron chi connectivity index (χ2n) is 6.37. The molecule has 0 spiro atoms. The molecular formula is C15H16ClN3O4S2. The summed E-state index contributed by atoms with van der Waals surface area (Å²) in [5.74, 6) is -0.507. The highest BCUT2D eigenvalue weighted by Gasteiger charge is 2.50. The lowest BCUT2D eigenvalue weighted by Crippen LogP contribution is -2.33. The highest BCUT2D eigenvalue weighted by atomic mass is 35.5. The van der Waals surface area contributed by atoms with Crippen molar-refractivity contribution in [2.45, 2.75) is 13.8 Å². The van der Waals surface area contributed by atoms with Crippen LogP contribution in [0.4, 0.5) is 5.69 Å². The van der Waals surface area contributed by atoms with Crippen molar-refractivity contribution in [2.24, 2.45) is 10.4 Å². The molecule has 10 heteroatoms. The Hall–Kier alpha value is -1.58. The second kappa shape index (κ2) is 6.30. The number of hydrogen-bond acceptors (Lipinski definition) is 6. The third kappa shape index (κ3) is 3.40. The topological polar surface area (TPSA) is 95.9 Å². The average Bonchev–Trinajstić information content (AvgIpc) is 3.05. The van der Waals surface area contributed by atoms with Crippen molar-refractivity contribution >= 4 is 56.1 Å². The van der Waals surface area contributed by atoms with E-state index in [2.05, 4.69) is 10.3 Å². The first-order valence-corrected chi connectivity index (χ1v) is 10.4. The molecule has 0 unspecified atom stereocenters. The van der Waals surface area contributed by atoms with E-state index in [-0.39, 0.29) is 22.0 Å². The maximum atomic E-state index is 12.5. The first-order valence-electron chi connectivity index (χ1n) is 7.47. The number of aliphatic imine (C=N–C) groups is 1. The van der Waals surface area contributed by atoms with E-state index >= 15 is 0 Å². The normalized spacial score (nSPS) is 21.3. The molecule has 2 heterocycles. The molecule has 0 aromatic heterocycles. The zero-order chi connectivity index (χ0) is 18.4. The van der Waals surface area contributed by atoms with E-state index in [0.717, 1.165) is 5.75 Å². The van der Waals surface area contributed by atoms with Crippen LogP contribution in [0, 0.1) is 5.41 Å². The molecule has 25 heavy (non-hydrogen) atoms. The van der Waals surface area contributed by atoms with Crippen molar-refractivity contribution in [3.05, 3.63) is 28.8 Å². The van der Waals surface area contributed by atoms with Gasteiger partial charge in [-0.15, -0.1) is 0 Å². The Bertz CT molecular complexity index is 896. The molecule has 3 rings (SSSR count). The van der Waals surface area contributed by atoms with Crippen LogP contribution in [0.25, 0.3) is 0 Å². The van der Waals surface area contributed by atoms with Crippen molar-refractivity contribution in [2.75, 3.05) is 22.4 Å². The highest BCUT2D eigenvalue weighted by Crippen LogP contribution is 2.39. The first kappa shape index (κ1) is 18.2. The molecule has 0 bridgehead atoms. The number of amides is 2. The van der Waals surface area contributed by atoms with Gasteiger partial charge in [0.1, 0.15) is 0 Å². The summed E-state index contributed by atoms with van der Waals surface area (Å²) in [5, 5.41) is 3.26.